The third-order valence-corrected chi connectivity index (χ3v) is 4.27. The average Bonchev–Trinajstić information content (AvgIpc) is 2.90. The Morgan fingerprint density at radius 3 is 1.95 bits per heavy atom. The standard InChI is InChI=1S/C12H7BrF5NOS/c13-6-2-1-5(21-6)4(3-19)20-12-10(17)8(15)7(14)9(16)11(12)18/h1-2,4H,3,19H2. The largest absolute Gasteiger partial charge is 0.477 e. The van der Waals surface area contributed by atoms with Crippen LogP contribution in [0.4, 0.5) is 22.0 Å². The predicted molar refractivity (Wildman–Crippen MR) is 70.7 cm³/mol. The first kappa shape index (κ1) is 16.2. The molecule has 2 aromatic rings. The number of hydrogen-bond acceptors (Lipinski definition) is 3. The Bertz CT molecular complexity index is 649. The molecule has 0 spiro atoms. The van der Waals surface area contributed by atoms with Gasteiger partial charge in [-0.25, -0.2) is 13.2 Å². The smallest absolute Gasteiger partial charge is 0.207 e. The topological polar surface area (TPSA) is 35.2 Å². The van der Waals surface area contributed by atoms with Gasteiger partial charge in [-0.3, -0.25) is 0 Å². The van der Waals surface area contributed by atoms with E-state index < -0.39 is 40.9 Å². The molecule has 0 amide bonds. The maximum atomic E-state index is 13.5. The number of hydrogen-bond donors (Lipinski definition) is 1. The van der Waals surface area contributed by atoms with Gasteiger partial charge in [0.15, 0.2) is 5.75 Å². The molecule has 0 saturated carbocycles. The van der Waals surface area contributed by atoms with Crippen LogP contribution in [0.2, 0.25) is 0 Å². The molecule has 2 nitrogen and oxygen atoms in total. The highest BCUT2D eigenvalue weighted by Gasteiger charge is 2.29. The molecule has 1 aromatic heterocycles. The zero-order chi connectivity index (χ0) is 15.7. The lowest BCUT2D eigenvalue weighted by Crippen LogP contribution is -2.19. The minimum atomic E-state index is -2.24. The second-order valence-corrected chi connectivity index (χ2v) is 6.38. The lowest BCUT2D eigenvalue weighted by Gasteiger charge is -2.17. The molecule has 1 atom stereocenters. The van der Waals surface area contributed by atoms with Crippen molar-refractivity contribution in [1.82, 2.24) is 0 Å². The molecule has 0 bridgehead atoms. The molecule has 0 aliphatic heterocycles. The van der Waals surface area contributed by atoms with Crippen LogP contribution < -0.4 is 10.5 Å². The molecule has 2 N–H and O–H groups in total. The first-order chi connectivity index (χ1) is 9.86. The van der Waals surface area contributed by atoms with Crippen LogP contribution in [0.3, 0.4) is 0 Å². The predicted octanol–water partition coefficient (Wildman–Crippen LogP) is 4.28. The summed E-state index contributed by atoms with van der Waals surface area (Å²) in [6, 6.07) is 3.21. The summed E-state index contributed by atoms with van der Waals surface area (Å²) in [4.78, 5) is 0.480. The van der Waals surface area contributed by atoms with E-state index in [1.54, 1.807) is 12.1 Å². The highest BCUT2D eigenvalue weighted by molar-refractivity contribution is 9.11. The Labute approximate surface area is 128 Å². The van der Waals surface area contributed by atoms with Crippen molar-refractivity contribution in [2.75, 3.05) is 6.54 Å². The molecule has 114 valence electrons. The Balaban J connectivity index is 2.43. The van der Waals surface area contributed by atoms with Gasteiger partial charge in [-0.2, -0.15) is 8.78 Å². The number of nitrogens with two attached hydrogens (primary N) is 1. The summed E-state index contributed by atoms with van der Waals surface area (Å²) in [6.45, 7) is -0.202. The molecule has 1 heterocycles. The van der Waals surface area contributed by atoms with E-state index in [4.69, 9.17) is 10.5 Å². The van der Waals surface area contributed by atoms with Gasteiger partial charge in [0.2, 0.25) is 29.1 Å². The first-order valence-corrected chi connectivity index (χ1v) is 7.11. The molecule has 0 radical (unpaired) electrons. The summed E-state index contributed by atoms with van der Waals surface area (Å²) < 4.78 is 71.8. The molecule has 0 saturated heterocycles. The van der Waals surface area contributed by atoms with E-state index in [1.807, 2.05) is 0 Å². The van der Waals surface area contributed by atoms with Gasteiger partial charge in [0.05, 0.1) is 3.79 Å². The fraction of sp³-hybridized carbons (Fsp3) is 0.167. The third-order valence-electron chi connectivity index (χ3n) is 2.56. The van der Waals surface area contributed by atoms with Crippen molar-refractivity contribution in [3.63, 3.8) is 0 Å². The zero-order valence-corrected chi connectivity index (χ0v) is 12.5. The number of rotatable bonds is 4. The van der Waals surface area contributed by atoms with Crippen molar-refractivity contribution >= 4 is 27.3 Å². The number of ether oxygens (including phenoxy) is 1. The Morgan fingerprint density at radius 2 is 1.52 bits per heavy atom. The lowest BCUT2D eigenvalue weighted by molar-refractivity contribution is 0.188. The summed E-state index contributed by atoms with van der Waals surface area (Å²) in [5, 5.41) is 0. The summed E-state index contributed by atoms with van der Waals surface area (Å²) in [5.74, 6) is -11.8. The highest BCUT2D eigenvalue weighted by Crippen LogP contribution is 2.34. The van der Waals surface area contributed by atoms with Crippen molar-refractivity contribution in [2.24, 2.45) is 5.73 Å². The summed E-state index contributed by atoms with van der Waals surface area (Å²) >= 11 is 4.35. The summed E-state index contributed by atoms with van der Waals surface area (Å²) in [6.07, 6.45) is -1.03. The number of thiophene rings is 1. The van der Waals surface area contributed by atoms with E-state index in [0.717, 1.165) is 0 Å². The van der Waals surface area contributed by atoms with Crippen molar-refractivity contribution < 1.29 is 26.7 Å². The van der Waals surface area contributed by atoms with E-state index in [0.29, 0.717) is 8.66 Å². The van der Waals surface area contributed by atoms with Crippen LogP contribution in [0, 0.1) is 29.1 Å². The molecule has 0 aliphatic rings. The van der Waals surface area contributed by atoms with Gasteiger partial charge < -0.3 is 10.5 Å². The van der Waals surface area contributed by atoms with Crippen LogP contribution >= 0.6 is 27.3 Å². The Hall–Kier alpha value is -1.19. The summed E-state index contributed by atoms with van der Waals surface area (Å²) in [5.41, 5.74) is 5.43. The monoisotopic (exact) mass is 387 g/mol. The molecule has 21 heavy (non-hydrogen) atoms. The van der Waals surface area contributed by atoms with Gasteiger partial charge in [-0.15, -0.1) is 11.3 Å². The number of halogens is 6. The summed E-state index contributed by atoms with van der Waals surface area (Å²) in [7, 11) is 0. The van der Waals surface area contributed by atoms with Crippen molar-refractivity contribution in [3.05, 3.63) is 49.9 Å². The van der Waals surface area contributed by atoms with Crippen LogP contribution in [0.25, 0.3) is 0 Å². The van der Waals surface area contributed by atoms with Crippen LogP contribution in [0.5, 0.6) is 5.75 Å². The van der Waals surface area contributed by atoms with Gasteiger partial charge in [-0.05, 0) is 28.1 Å². The Kier molecular flexibility index (Phi) is 4.84. The molecule has 9 heteroatoms. The van der Waals surface area contributed by atoms with Gasteiger partial charge >= 0.3 is 0 Å². The van der Waals surface area contributed by atoms with Gasteiger partial charge in [0.25, 0.3) is 0 Å². The molecule has 0 fully saturated rings. The van der Waals surface area contributed by atoms with Gasteiger partial charge in [0, 0.05) is 11.4 Å². The fourth-order valence-corrected chi connectivity index (χ4v) is 3.02. The van der Waals surface area contributed by atoms with Gasteiger partial charge in [0.1, 0.15) is 6.10 Å². The van der Waals surface area contributed by atoms with Crippen molar-refractivity contribution in [2.45, 2.75) is 6.10 Å². The third kappa shape index (κ3) is 3.04. The lowest BCUT2D eigenvalue weighted by atomic mass is 10.2. The SMILES string of the molecule is NCC(Oc1c(F)c(F)c(F)c(F)c1F)c1ccc(Br)s1. The van der Waals surface area contributed by atoms with Crippen LogP contribution in [-0.2, 0) is 0 Å². The van der Waals surface area contributed by atoms with Gasteiger partial charge in [-0.1, -0.05) is 0 Å². The second kappa shape index (κ2) is 6.29. The Morgan fingerprint density at radius 1 is 1.00 bits per heavy atom. The van der Waals surface area contributed by atoms with E-state index in [-0.39, 0.29) is 6.54 Å². The van der Waals surface area contributed by atoms with Crippen LogP contribution in [0.1, 0.15) is 11.0 Å². The molecule has 1 unspecified atom stereocenters. The van der Waals surface area contributed by atoms with Crippen molar-refractivity contribution in [3.8, 4) is 5.75 Å². The quantitative estimate of drug-likeness (QED) is 0.482. The number of benzene rings is 1. The molecule has 2 rings (SSSR count). The molecular weight excluding hydrogens is 381 g/mol. The average molecular weight is 388 g/mol. The minimum absolute atomic E-state index is 0.202. The molecule has 0 aliphatic carbocycles. The fourth-order valence-electron chi connectivity index (χ4n) is 1.55. The second-order valence-electron chi connectivity index (χ2n) is 3.88. The van der Waals surface area contributed by atoms with E-state index in [9.17, 15) is 22.0 Å². The van der Waals surface area contributed by atoms with E-state index in [2.05, 4.69) is 15.9 Å². The minimum Gasteiger partial charge on any atom is -0.477 e. The van der Waals surface area contributed by atoms with Crippen molar-refractivity contribution in [1.29, 1.82) is 0 Å². The van der Waals surface area contributed by atoms with E-state index >= 15 is 0 Å². The maximum Gasteiger partial charge on any atom is 0.207 e. The molecule has 1 aromatic carbocycles. The normalized spacial score (nSPS) is 12.5. The van der Waals surface area contributed by atoms with E-state index in [1.165, 1.54) is 11.3 Å². The maximum absolute atomic E-state index is 13.5. The van der Waals surface area contributed by atoms with Crippen LogP contribution in [-0.4, -0.2) is 6.54 Å². The highest BCUT2D eigenvalue weighted by atomic mass is 79.9. The van der Waals surface area contributed by atoms with Crippen LogP contribution in [0.15, 0.2) is 15.9 Å². The molecular formula is C12H7BrF5NOS. The zero-order valence-electron chi connectivity index (χ0n) is 10.1. The first-order valence-electron chi connectivity index (χ1n) is 5.50.